The summed E-state index contributed by atoms with van der Waals surface area (Å²) in [5.74, 6) is -0.358. The highest BCUT2D eigenvalue weighted by atomic mass is 19.1. The van der Waals surface area contributed by atoms with Gasteiger partial charge in [-0.25, -0.2) is 4.39 Å². The SMILES string of the molecule is CC1CC(N)CN(C(=O)c2ccccc2F)C1. The molecule has 0 spiro atoms. The smallest absolute Gasteiger partial charge is 0.256 e. The molecule has 0 bridgehead atoms. The van der Waals surface area contributed by atoms with Gasteiger partial charge in [-0.3, -0.25) is 4.79 Å². The molecule has 1 heterocycles. The molecule has 1 aromatic rings. The van der Waals surface area contributed by atoms with Crippen molar-refractivity contribution in [3.05, 3.63) is 35.6 Å². The van der Waals surface area contributed by atoms with E-state index in [0.29, 0.717) is 19.0 Å². The van der Waals surface area contributed by atoms with Crippen molar-refractivity contribution in [2.75, 3.05) is 13.1 Å². The van der Waals surface area contributed by atoms with E-state index in [-0.39, 0.29) is 17.5 Å². The lowest BCUT2D eigenvalue weighted by Crippen LogP contribution is -2.49. The lowest BCUT2D eigenvalue weighted by Gasteiger charge is -2.34. The molecule has 1 amide bonds. The van der Waals surface area contributed by atoms with Crippen LogP contribution in [0.4, 0.5) is 4.39 Å². The first kappa shape index (κ1) is 12.0. The molecular weight excluding hydrogens is 219 g/mol. The maximum atomic E-state index is 13.5. The van der Waals surface area contributed by atoms with E-state index in [4.69, 9.17) is 5.73 Å². The molecule has 4 heteroatoms. The van der Waals surface area contributed by atoms with Gasteiger partial charge in [0.1, 0.15) is 5.82 Å². The predicted molar refractivity (Wildman–Crippen MR) is 64.1 cm³/mol. The van der Waals surface area contributed by atoms with Crippen molar-refractivity contribution >= 4 is 5.91 Å². The number of nitrogens with zero attached hydrogens (tertiary/aromatic N) is 1. The maximum Gasteiger partial charge on any atom is 0.256 e. The van der Waals surface area contributed by atoms with Crippen LogP contribution in [0.5, 0.6) is 0 Å². The van der Waals surface area contributed by atoms with Crippen molar-refractivity contribution < 1.29 is 9.18 Å². The molecule has 0 aromatic heterocycles. The van der Waals surface area contributed by atoms with E-state index in [9.17, 15) is 9.18 Å². The van der Waals surface area contributed by atoms with Gasteiger partial charge in [-0.05, 0) is 24.5 Å². The molecule has 1 fully saturated rings. The molecule has 1 saturated heterocycles. The highest BCUT2D eigenvalue weighted by molar-refractivity contribution is 5.94. The lowest BCUT2D eigenvalue weighted by atomic mass is 9.96. The van der Waals surface area contributed by atoms with Gasteiger partial charge in [0.05, 0.1) is 5.56 Å². The molecule has 3 nitrogen and oxygen atoms in total. The Hall–Kier alpha value is -1.42. The molecule has 1 aliphatic heterocycles. The summed E-state index contributed by atoms with van der Waals surface area (Å²) in [6.07, 6.45) is 0.918. The van der Waals surface area contributed by atoms with E-state index in [2.05, 4.69) is 6.92 Å². The highest BCUT2D eigenvalue weighted by Gasteiger charge is 2.27. The highest BCUT2D eigenvalue weighted by Crippen LogP contribution is 2.18. The van der Waals surface area contributed by atoms with Gasteiger partial charge < -0.3 is 10.6 Å². The van der Waals surface area contributed by atoms with E-state index in [1.54, 1.807) is 17.0 Å². The fourth-order valence-electron chi connectivity index (χ4n) is 2.37. The standard InChI is InChI=1S/C13H17FN2O/c1-9-6-10(15)8-16(7-9)13(17)11-4-2-3-5-12(11)14/h2-5,9-10H,6-8,15H2,1H3. The number of benzene rings is 1. The summed E-state index contributed by atoms with van der Waals surface area (Å²) >= 11 is 0. The normalized spacial score (nSPS) is 24.8. The molecule has 0 aliphatic carbocycles. The summed E-state index contributed by atoms with van der Waals surface area (Å²) in [7, 11) is 0. The van der Waals surface area contributed by atoms with Gasteiger partial charge in [-0.2, -0.15) is 0 Å². The van der Waals surface area contributed by atoms with Gasteiger partial charge in [0.2, 0.25) is 0 Å². The Morgan fingerprint density at radius 3 is 2.76 bits per heavy atom. The van der Waals surface area contributed by atoms with Gasteiger partial charge in [-0.15, -0.1) is 0 Å². The first-order valence-corrected chi connectivity index (χ1v) is 5.87. The van der Waals surface area contributed by atoms with E-state index in [0.717, 1.165) is 6.42 Å². The summed E-state index contributed by atoms with van der Waals surface area (Å²) in [6.45, 7) is 3.22. The van der Waals surface area contributed by atoms with Crippen molar-refractivity contribution in [3.8, 4) is 0 Å². The third kappa shape index (κ3) is 2.64. The number of piperidine rings is 1. The lowest BCUT2D eigenvalue weighted by molar-refractivity contribution is 0.0656. The van der Waals surface area contributed by atoms with Crippen LogP contribution >= 0.6 is 0 Å². The molecule has 1 aliphatic rings. The minimum absolute atomic E-state index is 0.00512. The van der Waals surface area contributed by atoms with Crippen molar-refractivity contribution in [1.29, 1.82) is 0 Å². The quantitative estimate of drug-likeness (QED) is 0.805. The van der Waals surface area contributed by atoms with Gasteiger partial charge >= 0.3 is 0 Å². The first-order chi connectivity index (χ1) is 8.08. The summed E-state index contributed by atoms with van der Waals surface area (Å²) in [4.78, 5) is 13.8. The molecule has 2 rings (SSSR count). The van der Waals surface area contributed by atoms with Crippen molar-refractivity contribution in [1.82, 2.24) is 4.90 Å². The van der Waals surface area contributed by atoms with Gasteiger partial charge in [-0.1, -0.05) is 19.1 Å². The minimum atomic E-state index is -0.468. The molecule has 1 aromatic carbocycles. The van der Waals surface area contributed by atoms with Crippen LogP contribution in [0.2, 0.25) is 0 Å². The number of nitrogens with two attached hydrogens (primary N) is 1. The summed E-state index contributed by atoms with van der Waals surface area (Å²) < 4.78 is 13.5. The Morgan fingerprint density at radius 2 is 2.12 bits per heavy atom. The molecule has 2 unspecified atom stereocenters. The third-order valence-corrected chi connectivity index (χ3v) is 3.08. The molecule has 0 saturated carbocycles. The third-order valence-electron chi connectivity index (χ3n) is 3.08. The Kier molecular flexibility index (Phi) is 3.43. The van der Waals surface area contributed by atoms with Gasteiger partial charge in [0.25, 0.3) is 5.91 Å². The number of hydrogen-bond acceptors (Lipinski definition) is 2. The molecule has 2 N–H and O–H groups in total. The van der Waals surface area contributed by atoms with Crippen LogP contribution in [0.25, 0.3) is 0 Å². The van der Waals surface area contributed by atoms with Crippen LogP contribution in [-0.4, -0.2) is 29.9 Å². The molecular formula is C13H17FN2O. The number of carbonyl (C=O) groups is 1. The van der Waals surface area contributed by atoms with Crippen molar-refractivity contribution in [3.63, 3.8) is 0 Å². The van der Waals surface area contributed by atoms with E-state index >= 15 is 0 Å². The predicted octanol–water partition coefficient (Wildman–Crippen LogP) is 1.64. The zero-order valence-corrected chi connectivity index (χ0v) is 9.90. The van der Waals surface area contributed by atoms with Crippen molar-refractivity contribution in [2.45, 2.75) is 19.4 Å². The number of hydrogen-bond donors (Lipinski definition) is 1. The Bertz CT molecular complexity index is 412. The average molecular weight is 236 g/mol. The van der Waals surface area contributed by atoms with E-state index in [1.807, 2.05) is 0 Å². The second-order valence-electron chi connectivity index (χ2n) is 4.79. The molecule has 0 radical (unpaired) electrons. The van der Waals surface area contributed by atoms with Crippen LogP contribution in [-0.2, 0) is 0 Å². The Labute approximate surface area is 100 Å². The number of carbonyl (C=O) groups excluding carboxylic acids is 1. The first-order valence-electron chi connectivity index (χ1n) is 5.87. The Morgan fingerprint density at radius 1 is 1.41 bits per heavy atom. The molecule has 92 valence electrons. The monoisotopic (exact) mass is 236 g/mol. The van der Waals surface area contributed by atoms with Crippen LogP contribution < -0.4 is 5.73 Å². The van der Waals surface area contributed by atoms with Crippen LogP contribution in [0.15, 0.2) is 24.3 Å². The van der Waals surface area contributed by atoms with Crippen LogP contribution in [0.1, 0.15) is 23.7 Å². The molecule has 17 heavy (non-hydrogen) atoms. The minimum Gasteiger partial charge on any atom is -0.337 e. The molecule has 2 atom stereocenters. The second-order valence-corrected chi connectivity index (χ2v) is 4.79. The zero-order chi connectivity index (χ0) is 12.4. The maximum absolute atomic E-state index is 13.5. The summed E-state index contributed by atoms with van der Waals surface area (Å²) in [5.41, 5.74) is 6.01. The zero-order valence-electron chi connectivity index (χ0n) is 9.90. The fourth-order valence-corrected chi connectivity index (χ4v) is 2.37. The average Bonchev–Trinajstić information content (AvgIpc) is 2.27. The largest absolute Gasteiger partial charge is 0.337 e. The number of likely N-dealkylation sites (tertiary alicyclic amines) is 1. The van der Waals surface area contributed by atoms with Crippen molar-refractivity contribution in [2.24, 2.45) is 11.7 Å². The second kappa shape index (κ2) is 4.84. The van der Waals surface area contributed by atoms with Gasteiger partial charge in [0, 0.05) is 19.1 Å². The fraction of sp³-hybridized carbons (Fsp3) is 0.462. The topological polar surface area (TPSA) is 46.3 Å². The number of halogens is 1. The summed E-state index contributed by atoms with van der Waals surface area (Å²) in [5, 5.41) is 0. The van der Waals surface area contributed by atoms with E-state index in [1.165, 1.54) is 12.1 Å². The number of amides is 1. The summed E-state index contributed by atoms with van der Waals surface area (Å²) in [6, 6.07) is 6.07. The van der Waals surface area contributed by atoms with E-state index < -0.39 is 5.82 Å². The Balaban J connectivity index is 2.17. The number of rotatable bonds is 1. The van der Waals surface area contributed by atoms with Gasteiger partial charge in [0.15, 0.2) is 0 Å². The van der Waals surface area contributed by atoms with Crippen LogP contribution in [0.3, 0.4) is 0 Å². The van der Waals surface area contributed by atoms with Crippen LogP contribution in [0, 0.1) is 11.7 Å².